The lowest BCUT2D eigenvalue weighted by Gasteiger charge is -1.84. The summed E-state index contributed by atoms with van der Waals surface area (Å²) >= 11 is 0. The van der Waals surface area contributed by atoms with E-state index in [0.717, 1.165) is 6.42 Å². The maximum Gasteiger partial charge on any atom is -0.0376 e. The minimum atomic E-state index is 1.11. The normalized spacial score (nSPS) is 13.7. The average Bonchev–Trinajstić information content (AvgIpc) is 1.89. The lowest BCUT2D eigenvalue weighted by molar-refractivity contribution is 1.22. The Balaban J connectivity index is 3.79. The van der Waals surface area contributed by atoms with E-state index in [2.05, 4.69) is 38.2 Å². The fourth-order valence-electron chi connectivity index (χ4n) is 0.674. The van der Waals surface area contributed by atoms with Crippen molar-refractivity contribution in [3.05, 3.63) is 36.0 Å². The first-order valence-electron chi connectivity index (χ1n) is 3.77. The highest BCUT2D eigenvalue weighted by Gasteiger charge is 1.73. The van der Waals surface area contributed by atoms with Gasteiger partial charge < -0.3 is 0 Å². The van der Waals surface area contributed by atoms with E-state index >= 15 is 0 Å². The second-order valence-corrected chi connectivity index (χ2v) is 2.25. The van der Waals surface area contributed by atoms with Crippen molar-refractivity contribution < 1.29 is 0 Å². The van der Waals surface area contributed by atoms with Gasteiger partial charge in [-0.3, -0.25) is 0 Å². The Morgan fingerprint density at radius 1 is 1.40 bits per heavy atom. The minimum Gasteiger partial charge on any atom is -0.0874 e. The second kappa shape index (κ2) is 6.34. The summed E-state index contributed by atoms with van der Waals surface area (Å²) in [7, 11) is 0. The molecule has 0 N–H and O–H groups in total. The van der Waals surface area contributed by atoms with Gasteiger partial charge in [0.1, 0.15) is 0 Å². The monoisotopic (exact) mass is 136 g/mol. The van der Waals surface area contributed by atoms with Crippen molar-refractivity contribution in [3.8, 4) is 0 Å². The van der Waals surface area contributed by atoms with Crippen molar-refractivity contribution in [1.82, 2.24) is 0 Å². The zero-order chi connectivity index (χ0) is 7.82. The Morgan fingerprint density at radius 3 is 2.60 bits per heavy atom. The molecular formula is C10H16. The smallest absolute Gasteiger partial charge is 0.0376 e. The van der Waals surface area contributed by atoms with Crippen LogP contribution in [-0.4, -0.2) is 0 Å². The van der Waals surface area contributed by atoms with Crippen molar-refractivity contribution in [3.63, 3.8) is 0 Å². The Hall–Kier alpha value is -0.780. The number of allylic oxidation sites excluding steroid dienone is 6. The highest BCUT2D eigenvalue weighted by molar-refractivity contribution is 5.20. The molecule has 0 rings (SSSR count). The molecule has 0 amide bonds. The Bertz CT molecular complexity index is 147. The molecule has 10 heavy (non-hydrogen) atoms. The first-order chi connectivity index (χ1) is 4.81. The molecule has 0 spiro atoms. The maximum absolute atomic E-state index is 2.15. The Kier molecular flexibility index (Phi) is 5.85. The molecule has 0 saturated carbocycles. The van der Waals surface area contributed by atoms with Crippen LogP contribution in [0.4, 0.5) is 0 Å². The summed E-state index contributed by atoms with van der Waals surface area (Å²) in [6, 6.07) is 0. The van der Waals surface area contributed by atoms with Gasteiger partial charge in [-0.05, 0) is 20.3 Å². The van der Waals surface area contributed by atoms with Crippen LogP contribution in [0.2, 0.25) is 0 Å². The molecule has 0 radical (unpaired) electrons. The molecule has 0 aromatic rings. The fraction of sp³-hybridized carbons (Fsp3) is 0.400. The van der Waals surface area contributed by atoms with Crippen LogP contribution >= 0.6 is 0 Å². The van der Waals surface area contributed by atoms with Crippen molar-refractivity contribution >= 4 is 0 Å². The lowest BCUT2D eigenvalue weighted by atomic mass is 10.2. The van der Waals surface area contributed by atoms with E-state index in [1.54, 1.807) is 0 Å². The molecule has 0 heteroatoms. The third kappa shape index (κ3) is 5.36. The highest BCUT2D eigenvalue weighted by atomic mass is 13.8. The predicted molar refractivity (Wildman–Crippen MR) is 48.0 cm³/mol. The SMILES string of the molecule is C/C=C/C(C)=C/C=C/CC. The van der Waals surface area contributed by atoms with Gasteiger partial charge in [-0.25, -0.2) is 0 Å². The van der Waals surface area contributed by atoms with Crippen LogP contribution in [-0.2, 0) is 0 Å². The molecule has 0 saturated heterocycles. The van der Waals surface area contributed by atoms with E-state index in [-0.39, 0.29) is 0 Å². The molecule has 0 unspecified atom stereocenters. The van der Waals surface area contributed by atoms with E-state index < -0.39 is 0 Å². The van der Waals surface area contributed by atoms with Crippen LogP contribution in [0, 0.1) is 0 Å². The zero-order valence-corrected chi connectivity index (χ0v) is 7.09. The minimum absolute atomic E-state index is 1.11. The van der Waals surface area contributed by atoms with Crippen LogP contribution in [0.3, 0.4) is 0 Å². The third-order valence-electron chi connectivity index (χ3n) is 1.16. The largest absolute Gasteiger partial charge is 0.0874 e. The van der Waals surface area contributed by atoms with Crippen molar-refractivity contribution in [2.75, 3.05) is 0 Å². The fourth-order valence-corrected chi connectivity index (χ4v) is 0.674. The summed E-state index contributed by atoms with van der Waals surface area (Å²) in [5.41, 5.74) is 1.30. The zero-order valence-electron chi connectivity index (χ0n) is 7.09. The van der Waals surface area contributed by atoms with Crippen LogP contribution in [0.25, 0.3) is 0 Å². The number of hydrogen-bond acceptors (Lipinski definition) is 0. The summed E-state index contributed by atoms with van der Waals surface area (Å²) < 4.78 is 0. The molecule has 0 aromatic carbocycles. The molecule has 0 fully saturated rings. The molecule has 0 atom stereocenters. The van der Waals surface area contributed by atoms with E-state index in [1.165, 1.54) is 5.57 Å². The maximum atomic E-state index is 2.15. The van der Waals surface area contributed by atoms with Gasteiger partial charge in [0.05, 0.1) is 0 Å². The second-order valence-electron chi connectivity index (χ2n) is 2.25. The van der Waals surface area contributed by atoms with Gasteiger partial charge in [0, 0.05) is 0 Å². The van der Waals surface area contributed by atoms with Crippen LogP contribution < -0.4 is 0 Å². The standard InChI is InChI=1S/C10H16/c1-4-6-7-9-10(3)8-5-2/h5-9H,4H2,1-3H3/b7-6+,8-5+,10-9+. The predicted octanol–water partition coefficient (Wildman–Crippen LogP) is 3.48. The van der Waals surface area contributed by atoms with Gasteiger partial charge in [-0.2, -0.15) is 0 Å². The average molecular weight is 136 g/mol. The van der Waals surface area contributed by atoms with Crippen LogP contribution in [0.15, 0.2) is 36.0 Å². The quantitative estimate of drug-likeness (QED) is 0.521. The molecule has 0 aliphatic heterocycles. The molecule has 56 valence electrons. The van der Waals surface area contributed by atoms with E-state index in [9.17, 15) is 0 Å². The van der Waals surface area contributed by atoms with Gasteiger partial charge in [-0.15, -0.1) is 0 Å². The van der Waals surface area contributed by atoms with Crippen molar-refractivity contribution in [2.45, 2.75) is 27.2 Å². The Labute approximate surface area is 64.0 Å². The van der Waals surface area contributed by atoms with Gasteiger partial charge in [-0.1, -0.05) is 42.9 Å². The van der Waals surface area contributed by atoms with Gasteiger partial charge in [0.25, 0.3) is 0 Å². The summed E-state index contributed by atoms with van der Waals surface area (Å²) in [6.07, 6.45) is 11.6. The van der Waals surface area contributed by atoms with Crippen molar-refractivity contribution in [1.29, 1.82) is 0 Å². The van der Waals surface area contributed by atoms with E-state index in [0.29, 0.717) is 0 Å². The van der Waals surface area contributed by atoms with E-state index in [4.69, 9.17) is 0 Å². The van der Waals surface area contributed by atoms with Crippen LogP contribution in [0.1, 0.15) is 27.2 Å². The molecule has 0 bridgehead atoms. The highest BCUT2D eigenvalue weighted by Crippen LogP contribution is 1.94. The molecule has 0 aliphatic rings. The topological polar surface area (TPSA) is 0 Å². The van der Waals surface area contributed by atoms with Crippen molar-refractivity contribution in [2.24, 2.45) is 0 Å². The van der Waals surface area contributed by atoms with Gasteiger partial charge in [0.2, 0.25) is 0 Å². The summed E-state index contributed by atoms with van der Waals surface area (Å²) in [4.78, 5) is 0. The Morgan fingerprint density at radius 2 is 2.10 bits per heavy atom. The van der Waals surface area contributed by atoms with Gasteiger partial charge in [0.15, 0.2) is 0 Å². The summed E-state index contributed by atoms with van der Waals surface area (Å²) in [5.74, 6) is 0. The molecular weight excluding hydrogens is 120 g/mol. The number of hydrogen-bond donors (Lipinski definition) is 0. The molecule has 0 nitrogen and oxygen atoms in total. The third-order valence-corrected chi connectivity index (χ3v) is 1.16. The summed E-state index contributed by atoms with van der Waals surface area (Å²) in [6.45, 7) is 6.26. The molecule has 0 heterocycles. The lowest BCUT2D eigenvalue weighted by Crippen LogP contribution is -1.63. The number of rotatable bonds is 3. The van der Waals surface area contributed by atoms with Gasteiger partial charge >= 0.3 is 0 Å². The van der Waals surface area contributed by atoms with Crippen LogP contribution in [0.5, 0.6) is 0 Å². The first kappa shape index (κ1) is 9.22. The summed E-state index contributed by atoms with van der Waals surface area (Å²) in [5, 5.41) is 0. The molecule has 0 aromatic heterocycles. The van der Waals surface area contributed by atoms with E-state index in [1.807, 2.05) is 13.0 Å². The molecule has 0 aliphatic carbocycles. The first-order valence-corrected chi connectivity index (χ1v) is 3.77.